The van der Waals surface area contributed by atoms with E-state index in [0.29, 0.717) is 23.1 Å². The van der Waals surface area contributed by atoms with E-state index in [4.69, 9.17) is 25.8 Å². The van der Waals surface area contributed by atoms with Crippen LogP contribution < -0.4 is 9.47 Å². The lowest BCUT2D eigenvalue weighted by Crippen LogP contribution is -2.13. The normalized spacial score (nSPS) is 12.2. The van der Waals surface area contributed by atoms with Crippen LogP contribution >= 0.6 is 38.9 Å². The van der Waals surface area contributed by atoms with E-state index in [1.165, 1.54) is 12.0 Å². The molecule has 2 aromatic rings. The van der Waals surface area contributed by atoms with E-state index in [0.717, 1.165) is 34.7 Å². The zero-order valence-electron chi connectivity index (χ0n) is 14.6. The number of rotatable bonds is 9. The van der Waals surface area contributed by atoms with Gasteiger partial charge in [-0.15, -0.1) is 11.3 Å². The summed E-state index contributed by atoms with van der Waals surface area (Å²) in [7, 11) is 3.03. The summed E-state index contributed by atoms with van der Waals surface area (Å²) in [6, 6.07) is 4.03. The third kappa shape index (κ3) is 5.02. The molecule has 0 saturated carbocycles. The minimum Gasteiger partial charge on any atom is -0.493 e. The molecule has 2 rings (SSSR count). The van der Waals surface area contributed by atoms with Crippen LogP contribution in [0.3, 0.4) is 0 Å². The molecule has 1 aromatic carbocycles. The minimum atomic E-state index is -0.178. The van der Waals surface area contributed by atoms with Crippen LogP contribution in [0.25, 0.3) is 10.1 Å². The van der Waals surface area contributed by atoms with Crippen molar-refractivity contribution in [1.29, 1.82) is 0 Å². The van der Waals surface area contributed by atoms with Crippen molar-refractivity contribution in [3.8, 4) is 11.5 Å². The van der Waals surface area contributed by atoms with Crippen LogP contribution in [-0.4, -0.2) is 32.1 Å². The first-order valence-electron chi connectivity index (χ1n) is 8.07. The number of esters is 1. The van der Waals surface area contributed by atoms with Gasteiger partial charge in [-0.1, -0.05) is 34.5 Å². The predicted octanol–water partition coefficient (Wildman–Crippen LogP) is 5.47. The summed E-state index contributed by atoms with van der Waals surface area (Å²) in [5, 5.41) is 2.41. The lowest BCUT2D eigenvalue weighted by molar-refractivity contribution is -0.145. The Bertz CT molecular complexity index is 731. The SMILES string of the molecule is COC(=O)[C@@H](C)CCc1cc2c(Cl)c(OCCCBr)c(OC)cc2s1. The van der Waals surface area contributed by atoms with Crippen molar-refractivity contribution in [3.63, 3.8) is 0 Å². The molecule has 0 saturated heterocycles. The Morgan fingerprint density at radius 1 is 1.36 bits per heavy atom. The van der Waals surface area contributed by atoms with Crippen LogP contribution in [0.1, 0.15) is 24.6 Å². The zero-order chi connectivity index (χ0) is 18.4. The van der Waals surface area contributed by atoms with E-state index in [2.05, 4.69) is 22.0 Å². The van der Waals surface area contributed by atoms with Gasteiger partial charge in [0, 0.05) is 26.4 Å². The smallest absolute Gasteiger partial charge is 0.308 e. The minimum absolute atomic E-state index is 0.122. The average molecular weight is 450 g/mol. The first kappa shape index (κ1) is 20.3. The molecule has 0 aliphatic heterocycles. The fraction of sp³-hybridized carbons (Fsp3) is 0.500. The van der Waals surface area contributed by atoms with Gasteiger partial charge in [0.1, 0.15) is 0 Å². The van der Waals surface area contributed by atoms with Gasteiger partial charge in [-0.3, -0.25) is 4.79 Å². The molecule has 0 radical (unpaired) electrons. The Hall–Kier alpha value is -0.980. The summed E-state index contributed by atoms with van der Waals surface area (Å²) in [5.41, 5.74) is 0. The number of hydrogen-bond donors (Lipinski definition) is 0. The number of carbonyl (C=O) groups excluding carboxylic acids is 1. The van der Waals surface area contributed by atoms with E-state index in [1.807, 2.05) is 13.0 Å². The standard InChI is InChI=1S/C18H22BrClO4S/c1-11(18(21)23-3)5-6-12-9-13-15(25-12)10-14(22-2)17(16(13)20)24-8-4-7-19/h9-11H,4-8H2,1-3H3/t11-/m0/s1. The van der Waals surface area contributed by atoms with Crippen molar-refractivity contribution in [2.45, 2.75) is 26.2 Å². The van der Waals surface area contributed by atoms with Crippen LogP contribution in [0.5, 0.6) is 11.5 Å². The molecule has 1 heterocycles. The Morgan fingerprint density at radius 2 is 2.12 bits per heavy atom. The molecule has 4 nitrogen and oxygen atoms in total. The topological polar surface area (TPSA) is 44.8 Å². The molecule has 138 valence electrons. The van der Waals surface area contributed by atoms with Gasteiger partial charge in [0.05, 0.1) is 31.8 Å². The van der Waals surface area contributed by atoms with Crippen LogP contribution in [0.2, 0.25) is 5.02 Å². The molecule has 0 spiro atoms. The van der Waals surface area contributed by atoms with Gasteiger partial charge in [-0.05, 0) is 25.3 Å². The summed E-state index contributed by atoms with van der Waals surface area (Å²) in [4.78, 5) is 12.7. The number of alkyl halides is 1. The third-order valence-electron chi connectivity index (χ3n) is 3.91. The highest BCUT2D eigenvalue weighted by Gasteiger charge is 2.18. The number of benzene rings is 1. The fourth-order valence-electron chi connectivity index (χ4n) is 2.47. The summed E-state index contributed by atoms with van der Waals surface area (Å²) >= 11 is 11.6. The molecule has 0 amide bonds. The first-order chi connectivity index (χ1) is 12.0. The van der Waals surface area contributed by atoms with E-state index in [9.17, 15) is 4.79 Å². The monoisotopic (exact) mass is 448 g/mol. The number of carbonyl (C=O) groups is 1. The van der Waals surface area contributed by atoms with Gasteiger partial charge >= 0.3 is 5.97 Å². The molecule has 25 heavy (non-hydrogen) atoms. The fourth-order valence-corrected chi connectivity index (χ4v) is 4.17. The molecule has 0 N–H and O–H groups in total. The molecule has 0 bridgehead atoms. The molecule has 1 atom stereocenters. The van der Waals surface area contributed by atoms with Crippen molar-refractivity contribution < 1.29 is 19.0 Å². The van der Waals surface area contributed by atoms with E-state index in [1.54, 1.807) is 18.4 Å². The number of aryl methyl sites for hydroxylation is 1. The second-order valence-corrected chi connectivity index (χ2v) is 8.04. The second kappa shape index (κ2) is 9.64. The van der Waals surface area contributed by atoms with E-state index in [-0.39, 0.29) is 11.9 Å². The lowest BCUT2D eigenvalue weighted by Gasteiger charge is -2.12. The number of fused-ring (bicyclic) bond motifs is 1. The third-order valence-corrected chi connectivity index (χ3v) is 5.98. The summed E-state index contributed by atoms with van der Waals surface area (Å²) < 4.78 is 17.1. The number of halogens is 2. The number of ether oxygens (including phenoxy) is 3. The van der Waals surface area contributed by atoms with Crippen molar-refractivity contribution in [2.24, 2.45) is 5.92 Å². The Labute approximate surface area is 165 Å². The largest absolute Gasteiger partial charge is 0.493 e. The highest BCUT2D eigenvalue weighted by Crippen LogP contribution is 2.44. The van der Waals surface area contributed by atoms with E-state index >= 15 is 0 Å². The summed E-state index contributed by atoms with van der Waals surface area (Å²) in [6.07, 6.45) is 2.43. The van der Waals surface area contributed by atoms with Crippen LogP contribution in [0.15, 0.2) is 12.1 Å². The average Bonchev–Trinajstić information content (AvgIpc) is 3.04. The molecule has 7 heteroatoms. The van der Waals surface area contributed by atoms with Crippen LogP contribution in [-0.2, 0) is 16.0 Å². The van der Waals surface area contributed by atoms with Gasteiger partial charge in [-0.25, -0.2) is 0 Å². The van der Waals surface area contributed by atoms with Gasteiger partial charge in [-0.2, -0.15) is 0 Å². The van der Waals surface area contributed by atoms with Crippen molar-refractivity contribution in [1.82, 2.24) is 0 Å². The number of hydrogen-bond acceptors (Lipinski definition) is 5. The maximum Gasteiger partial charge on any atom is 0.308 e. The first-order valence-corrected chi connectivity index (χ1v) is 10.4. The van der Waals surface area contributed by atoms with Crippen molar-refractivity contribution >= 4 is 54.9 Å². The van der Waals surface area contributed by atoms with Gasteiger partial charge in [0.25, 0.3) is 0 Å². The Balaban J connectivity index is 2.23. The second-order valence-electron chi connectivity index (χ2n) is 5.70. The van der Waals surface area contributed by atoms with E-state index < -0.39 is 0 Å². The zero-order valence-corrected chi connectivity index (χ0v) is 17.7. The van der Waals surface area contributed by atoms with Crippen LogP contribution in [0.4, 0.5) is 0 Å². The highest BCUT2D eigenvalue weighted by atomic mass is 79.9. The van der Waals surface area contributed by atoms with Gasteiger partial charge in [0.2, 0.25) is 0 Å². The van der Waals surface area contributed by atoms with Gasteiger partial charge in [0.15, 0.2) is 11.5 Å². The van der Waals surface area contributed by atoms with Crippen molar-refractivity contribution in [2.75, 3.05) is 26.2 Å². The Morgan fingerprint density at radius 3 is 2.76 bits per heavy atom. The quantitative estimate of drug-likeness (QED) is 0.289. The summed E-state index contributed by atoms with van der Waals surface area (Å²) in [5.74, 6) is 0.931. The maximum absolute atomic E-state index is 11.5. The molecule has 0 unspecified atom stereocenters. The molecular formula is C18H22BrClO4S. The van der Waals surface area contributed by atoms with Gasteiger partial charge < -0.3 is 14.2 Å². The summed E-state index contributed by atoms with van der Waals surface area (Å²) in [6.45, 7) is 2.45. The Kier molecular flexibility index (Phi) is 7.84. The molecular weight excluding hydrogens is 428 g/mol. The molecule has 0 fully saturated rings. The van der Waals surface area contributed by atoms with Crippen LogP contribution in [0, 0.1) is 5.92 Å². The predicted molar refractivity (Wildman–Crippen MR) is 107 cm³/mol. The lowest BCUT2D eigenvalue weighted by atomic mass is 10.1. The molecule has 0 aliphatic carbocycles. The number of thiophene rings is 1. The molecule has 0 aliphatic rings. The maximum atomic E-state index is 11.5. The van der Waals surface area contributed by atoms with Crippen molar-refractivity contribution in [3.05, 3.63) is 22.0 Å². The highest BCUT2D eigenvalue weighted by molar-refractivity contribution is 9.09. The molecule has 1 aromatic heterocycles. The number of methoxy groups -OCH3 is 2.